The number of rotatable bonds is 12. The summed E-state index contributed by atoms with van der Waals surface area (Å²) in [6.07, 6.45) is 3.20. The predicted molar refractivity (Wildman–Crippen MR) is 140 cm³/mol. The number of hydrogen-bond donors (Lipinski definition) is 2. The Bertz CT molecular complexity index is 908. The van der Waals surface area contributed by atoms with Crippen molar-refractivity contribution in [3.8, 4) is 5.75 Å². The van der Waals surface area contributed by atoms with Crippen molar-refractivity contribution in [2.45, 2.75) is 39.5 Å². The van der Waals surface area contributed by atoms with Crippen LogP contribution in [0.25, 0.3) is 0 Å². The van der Waals surface area contributed by atoms with Crippen molar-refractivity contribution in [2.75, 3.05) is 43.0 Å². The SMILES string of the molecule is CCOc1ccccc1NCCNCCCCC(=O)c1ccc2c(c1)CCN2C(C)=O.Cl.Cl. The number of amides is 1. The molecular formula is C25H35Cl2N3O3. The van der Waals surface area contributed by atoms with E-state index in [0.717, 1.165) is 67.1 Å². The number of unbranched alkanes of at least 4 members (excludes halogenated alkanes) is 1. The fourth-order valence-electron chi connectivity index (χ4n) is 3.89. The van der Waals surface area contributed by atoms with Crippen molar-refractivity contribution < 1.29 is 14.3 Å². The Hall–Kier alpha value is -2.28. The minimum Gasteiger partial charge on any atom is -0.492 e. The number of para-hydroxylation sites is 2. The van der Waals surface area contributed by atoms with Crippen LogP contribution in [0.3, 0.4) is 0 Å². The zero-order chi connectivity index (χ0) is 22.1. The van der Waals surface area contributed by atoms with E-state index in [0.29, 0.717) is 19.6 Å². The van der Waals surface area contributed by atoms with Gasteiger partial charge < -0.3 is 20.3 Å². The first kappa shape index (κ1) is 28.8. The summed E-state index contributed by atoms with van der Waals surface area (Å²) in [5.41, 5.74) is 3.82. The summed E-state index contributed by atoms with van der Waals surface area (Å²) in [6.45, 7) is 7.48. The number of carbonyl (C=O) groups excluding carboxylic acids is 2. The summed E-state index contributed by atoms with van der Waals surface area (Å²) in [5, 5.41) is 6.81. The maximum atomic E-state index is 12.5. The summed E-state index contributed by atoms with van der Waals surface area (Å²) in [6, 6.07) is 13.7. The van der Waals surface area contributed by atoms with E-state index < -0.39 is 0 Å². The Kier molecular flexibility index (Phi) is 12.9. The summed E-state index contributed by atoms with van der Waals surface area (Å²) < 4.78 is 5.61. The number of halogens is 2. The molecule has 0 saturated carbocycles. The third-order valence-electron chi connectivity index (χ3n) is 5.49. The van der Waals surface area contributed by atoms with Gasteiger partial charge in [-0.2, -0.15) is 0 Å². The van der Waals surface area contributed by atoms with E-state index in [1.807, 2.05) is 49.4 Å². The number of nitrogens with zero attached hydrogens (tertiary/aromatic N) is 1. The van der Waals surface area contributed by atoms with Crippen molar-refractivity contribution in [3.05, 3.63) is 53.6 Å². The van der Waals surface area contributed by atoms with Crippen LogP contribution in [0.5, 0.6) is 5.75 Å². The second-order valence-electron chi connectivity index (χ2n) is 7.75. The molecule has 0 bridgehead atoms. The van der Waals surface area contributed by atoms with Gasteiger partial charge >= 0.3 is 0 Å². The second-order valence-corrected chi connectivity index (χ2v) is 7.75. The largest absolute Gasteiger partial charge is 0.492 e. The molecule has 0 saturated heterocycles. The molecule has 0 fully saturated rings. The van der Waals surface area contributed by atoms with Crippen molar-refractivity contribution in [1.29, 1.82) is 0 Å². The Balaban J connectivity index is 0.00000272. The van der Waals surface area contributed by atoms with Crippen molar-refractivity contribution in [1.82, 2.24) is 5.32 Å². The maximum Gasteiger partial charge on any atom is 0.223 e. The van der Waals surface area contributed by atoms with Crippen LogP contribution >= 0.6 is 24.8 Å². The first-order valence-electron chi connectivity index (χ1n) is 11.2. The van der Waals surface area contributed by atoms with Crippen LogP contribution in [0.4, 0.5) is 11.4 Å². The van der Waals surface area contributed by atoms with E-state index >= 15 is 0 Å². The predicted octanol–water partition coefficient (Wildman–Crippen LogP) is 4.89. The van der Waals surface area contributed by atoms with Crippen LogP contribution in [0.2, 0.25) is 0 Å². The molecule has 0 spiro atoms. The Morgan fingerprint density at radius 3 is 2.58 bits per heavy atom. The number of Topliss-reactive ketones (excluding diaryl/α,β-unsaturated/α-hetero) is 1. The van der Waals surface area contributed by atoms with Crippen molar-refractivity contribution in [3.63, 3.8) is 0 Å². The molecule has 3 rings (SSSR count). The number of benzene rings is 2. The first-order valence-corrected chi connectivity index (χ1v) is 11.2. The summed E-state index contributed by atoms with van der Waals surface area (Å²) in [5.74, 6) is 1.11. The molecule has 0 atom stereocenters. The molecule has 33 heavy (non-hydrogen) atoms. The van der Waals surface area contributed by atoms with Gasteiger partial charge in [-0.1, -0.05) is 12.1 Å². The fourth-order valence-corrected chi connectivity index (χ4v) is 3.89. The zero-order valence-corrected chi connectivity index (χ0v) is 21.0. The first-order chi connectivity index (χ1) is 15.1. The van der Waals surface area contributed by atoms with Gasteiger partial charge in [-0.15, -0.1) is 24.8 Å². The smallest absolute Gasteiger partial charge is 0.223 e. The van der Waals surface area contributed by atoms with Gasteiger partial charge in [0.25, 0.3) is 0 Å². The number of nitrogens with one attached hydrogen (secondary N) is 2. The lowest BCUT2D eigenvalue weighted by Gasteiger charge is -2.14. The van der Waals surface area contributed by atoms with Crippen LogP contribution in [0, 0.1) is 0 Å². The molecule has 0 aliphatic carbocycles. The number of carbonyl (C=O) groups is 2. The van der Waals surface area contributed by atoms with Gasteiger partial charge in [-0.05, 0) is 68.6 Å². The summed E-state index contributed by atoms with van der Waals surface area (Å²) >= 11 is 0. The van der Waals surface area contributed by atoms with E-state index in [2.05, 4.69) is 10.6 Å². The van der Waals surface area contributed by atoms with Gasteiger partial charge in [0.05, 0.1) is 12.3 Å². The Labute approximate surface area is 209 Å². The van der Waals surface area contributed by atoms with E-state index in [9.17, 15) is 9.59 Å². The summed E-state index contributed by atoms with van der Waals surface area (Å²) in [7, 11) is 0. The molecule has 0 aromatic heterocycles. The second kappa shape index (κ2) is 14.8. The van der Waals surface area contributed by atoms with Crippen LogP contribution in [0.1, 0.15) is 49.0 Å². The lowest BCUT2D eigenvalue weighted by molar-refractivity contribution is -0.116. The number of ether oxygens (including phenoxy) is 1. The minimum atomic E-state index is 0. The molecule has 8 heteroatoms. The highest BCUT2D eigenvalue weighted by Crippen LogP contribution is 2.29. The molecule has 2 aromatic carbocycles. The van der Waals surface area contributed by atoms with E-state index in [4.69, 9.17) is 4.74 Å². The van der Waals surface area contributed by atoms with Crippen LogP contribution < -0.4 is 20.3 Å². The number of hydrogen-bond acceptors (Lipinski definition) is 5. The molecule has 2 N–H and O–H groups in total. The molecule has 2 aromatic rings. The normalized spacial score (nSPS) is 11.8. The topological polar surface area (TPSA) is 70.7 Å². The van der Waals surface area contributed by atoms with Crippen LogP contribution in [-0.4, -0.2) is 44.5 Å². The number of anilines is 2. The minimum absolute atomic E-state index is 0. The lowest BCUT2D eigenvalue weighted by Crippen LogP contribution is -2.25. The fraction of sp³-hybridized carbons (Fsp3) is 0.440. The molecule has 1 amide bonds. The quantitative estimate of drug-likeness (QED) is 0.323. The van der Waals surface area contributed by atoms with Gasteiger partial charge in [-0.3, -0.25) is 9.59 Å². The molecule has 6 nitrogen and oxygen atoms in total. The number of fused-ring (bicyclic) bond motifs is 1. The van der Waals surface area contributed by atoms with E-state index in [1.165, 1.54) is 0 Å². The number of ketones is 1. The molecule has 1 heterocycles. The van der Waals surface area contributed by atoms with Crippen LogP contribution in [0.15, 0.2) is 42.5 Å². The monoisotopic (exact) mass is 495 g/mol. The van der Waals surface area contributed by atoms with Gasteiger partial charge in [0.2, 0.25) is 5.91 Å². The summed E-state index contributed by atoms with van der Waals surface area (Å²) in [4.78, 5) is 25.9. The molecular weight excluding hydrogens is 461 g/mol. The average Bonchev–Trinajstić information content (AvgIpc) is 3.20. The third-order valence-corrected chi connectivity index (χ3v) is 5.49. The third kappa shape index (κ3) is 8.22. The van der Waals surface area contributed by atoms with Gasteiger partial charge in [0.15, 0.2) is 5.78 Å². The van der Waals surface area contributed by atoms with Gasteiger partial charge in [0, 0.05) is 44.2 Å². The van der Waals surface area contributed by atoms with Crippen LogP contribution in [-0.2, 0) is 11.2 Å². The lowest BCUT2D eigenvalue weighted by atomic mass is 10.0. The highest BCUT2D eigenvalue weighted by molar-refractivity contribution is 5.98. The highest BCUT2D eigenvalue weighted by atomic mass is 35.5. The van der Waals surface area contributed by atoms with Gasteiger partial charge in [-0.25, -0.2) is 0 Å². The Morgan fingerprint density at radius 2 is 1.82 bits per heavy atom. The standard InChI is InChI=1S/C25H33N3O3.2ClH/c1-3-31-25-10-5-4-8-22(25)27-16-15-26-14-7-6-9-24(30)21-11-12-23-20(18-21)13-17-28(23)19(2)29;;/h4-5,8,10-12,18,26-27H,3,6-7,9,13-17H2,1-2H3;2*1H. The van der Waals surface area contributed by atoms with E-state index in [1.54, 1.807) is 11.8 Å². The molecule has 1 aliphatic heterocycles. The highest BCUT2D eigenvalue weighted by Gasteiger charge is 2.22. The molecule has 0 unspecified atom stereocenters. The average molecular weight is 496 g/mol. The molecule has 0 radical (unpaired) electrons. The maximum absolute atomic E-state index is 12.5. The zero-order valence-electron chi connectivity index (χ0n) is 19.4. The van der Waals surface area contributed by atoms with Crippen molar-refractivity contribution in [2.24, 2.45) is 0 Å². The Morgan fingerprint density at radius 1 is 1.03 bits per heavy atom. The molecule has 1 aliphatic rings. The van der Waals surface area contributed by atoms with E-state index in [-0.39, 0.29) is 36.5 Å². The molecule has 182 valence electrons. The van der Waals surface area contributed by atoms with Crippen molar-refractivity contribution >= 4 is 47.9 Å². The van der Waals surface area contributed by atoms with Gasteiger partial charge in [0.1, 0.15) is 5.75 Å².